The molecule has 0 bridgehead atoms. The molecule has 2 N–H and O–H groups in total. The number of nitrogens with two attached hydrogens (primary N) is 1. The Bertz CT molecular complexity index is 1410. The molecule has 8 nitrogen and oxygen atoms in total. The van der Waals surface area contributed by atoms with Crippen molar-refractivity contribution in [3.8, 4) is 22.6 Å². The van der Waals surface area contributed by atoms with Crippen LogP contribution in [0.4, 0.5) is 10.6 Å². The number of fused-ring (bicyclic) bond motifs is 1. The van der Waals surface area contributed by atoms with Gasteiger partial charge in [-0.1, -0.05) is 37.3 Å². The summed E-state index contributed by atoms with van der Waals surface area (Å²) in [5.74, 6) is 1.99. The number of aromatic nitrogens is 3. The molecule has 0 aliphatic carbocycles. The Balaban J connectivity index is 1.52. The van der Waals surface area contributed by atoms with Gasteiger partial charge < -0.3 is 24.7 Å². The molecule has 0 radical (unpaired) electrons. The number of nitrogen functional groups attached to an aromatic ring is 1. The normalized spacial score (nSPS) is 15.8. The molecule has 4 aromatic rings. The molecule has 0 unspecified atom stereocenters. The largest absolute Gasteiger partial charge is 0.457 e. The van der Waals surface area contributed by atoms with Crippen LogP contribution in [0.15, 0.2) is 60.9 Å². The lowest BCUT2D eigenvalue weighted by molar-refractivity contribution is 0.0289. The van der Waals surface area contributed by atoms with Gasteiger partial charge in [-0.15, -0.1) is 0 Å². The molecule has 192 valence electrons. The van der Waals surface area contributed by atoms with E-state index in [0.29, 0.717) is 18.9 Å². The Kier molecular flexibility index (Phi) is 6.50. The first-order valence-electron chi connectivity index (χ1n) is 12.7. The number of anilines is 1. The van der Waals surface area contributed by atoms with Gasteiger partial charge in [0.1, 0.15) is 34.9 Å². The van der Waals surface area contributed by atoms with Crippen LogP contribution >= 0.6 is 0 Å². The maximum atomic E-state index is 12.7. The third-order valence-electron chi connectivity index (χ3n) is 6.55. The highest BCUT2D eigenvalue weighted by atomic mass is 16.6. The van der Waals surface area contributed by atoms with Crippen molar-refractivity contribution in [2.75, 3.05) is 18.8 Å². The number of hydrogen-bond donors (Lipinski definition) is 1. The Hall–Kier alpha value is -4.07. The third kappa shape index (κ3) is 4.96. The van der Waals surface area contributed by atoms with Crippen LogP contribution in [0.3, 0.4) is 0 Å². The number of likely N-dealkylation sites (tertiary alicyclic amines) is 1. The molecule has 8 heteroatoms. The third-order valence-corrected chi connectivity index (χ3v) is 6.55. The topological polar surface area (TPSA) is 95.5 Å². The van der Waals surface area contributed by atoms with Crippen molar-refractivity contribution >= 4 is 22.9 Å². The first-order valence-corrected chi connectivity index (χ1v) is 12.7. The number of hydrogen-bond acceptors (Lipinski definition) is 6. The van der Waals surface area contributed by atoms with Crippen LogP contribution in [-0.4, -0.2) is 44.2 Å². The van der Waals surface area contributed by atoms with Crippen LogP contribution in [0.5, 0.6) is 11.5 Å². The second kappa shape index (κ2) is 9.76. The van der Waals surface area contributed by atoms with E-state index in [9.17, 15) is 4.79 Å². The summed E-state index contributed by atoms with van der Waals surface area (Å²) < 4.78 is 13.9. The fourth-order valence-corrected chi connectivity index (χ4v) is 5.02. The summed E-state index contributed by atoms with van der Waals surface area (Å²) in [5, 5.41) is 0.840. The fourth-order valence-electron chi connectivity index (χ4n) is 5.02. The number of rotatable bonds is 5. The molecule has 1 amide bonds. The summed E-state index contributed by atoms with van der Waals surface area (Å²) in [4.78, 5) is 23.5. The lowest BCUT2D eigenvalue weighted by atomic mass is 10.0. The minimum atomic E-state index is -0.533. The van der Waals surface area contributed by atoms with Crippen LogP contribution in [0.1, 0.15) is 45.9 Å². The van der Waals surface area contributed by atoms with Crippen molar-refractivity contribution in [1.82, 2.24) is 19.4 Å². The molecule has 1 aliphatic heterocycles. The average molecular weight is 500 g/mol. The number of para-hydroxylation sites is 1. The van der Waals surface area contributed by atoms with Crippen molar-refractivity contribution in [2.24, 2.45) is 0 Å². The summed E-state index contributed by atoms with van der Waals surface area (Å²) in [5.41, 5.74) is 9.86. The van der Waals surface area contributed by atoms with Gasteiger partial charge in [0.25, 0.3) is 0 Å². The fraction of sp³-hybridized carbons (Fsp3) is 0.345. The SMILES string of the molecule is CCc1c(-c2ccc(Oc3ccccc3)cc2)c2c(N)ncnc2n1[C@@H]1CCN(C(=O)OC(C)(C)C)C1. The minimum Gasteiger partial charge on any atom is -0.457 e. The molecule has 5 rings (SSSR count). The maximum Gasteiger partial charge on any atom is 0.410 e. The highest BCUT2D eigenvalue weighted by Gasteiger charge is 2.34. The predicted molar refractivity (Wildman–Crippen MR) is 145 cm³/mol. The maximum absolute atomic E-state index is 12.7. The predicted octanol–water partition coefficient (Wildman–Crippen LogP) is 6.22. The second-order valence-corrected chi connectivity index (χ2v) is 10.3. The highest BCUT2D eigenvalue weighted by molar-refractivity contribution is 6.02. The van der Waals surface area contributed by atoms with Gasteiger partial charge in [0.2, 0.25) is 0 Å². The monoisotopic (exact) mass is 499 g/mol. The van der Waals surface area contributed by atoms with Gasteiger partial charge in [0.15, 0.2) is 0 Å². The second-order valence-electron chi connectivity index (χ2n) is 10.3. The van der Waals surface area contributed by atoms with Gasteiger partial charge in [0.05, 0.1) is 11.4 Å². The van der Waals surface area contributed by atoms with Crippen LogP contribution in [-0.2, 0) is 11.2 Å². The molecule has 2 aromatic heterocycles. The molecule has 3 heterocycles. The van der Waals surface area contributed by atoms with E-state index in [4.69, 9.17) is 15.2 Å². The van der Waals surface area contributed by atoms with E-state index in [-0.39, 0.29) is 12.1 Å². The summed E-state index contributed by atoms with van der Waals surface area (Å²) >= 11 is 0. The minimum absolute atomic E-state index is 0.0636. The Morgan fingerprint density at radius 1 is 1.05 bits per heavy atom. The molecule has 1 aliphatic rings. The van der Waals surface area contributed by atoms with Crippen LogP contribution < -0.4 is 10.5 Å². The molecule has 1 fully saturated rings. The van der Waals surface area contributed by atoms with E-state index in [1.165, 1.54) is 6.33 Å². The zero-order valence-corrected chi connectivity index (χ0v) is 21.8. The lowest BCUT2D eigenvalue weighted by Gasteiger charge is -2.25. The van der Waals surface area contributed by atoms with Gasteiger partial charge in [-0.3, -0.25) is 0 Å². The van der Waals surface area contributed by atoms with Crippen molar-refractivity contribution in [3.05, 3.63) is 66.6 Å². The number of nitrogens with zero attached hydrogens (tertiary/aromatic N) is 4. The summed E-state index contributed by atoms with van der Waals surface area (Å²) in [6, 6.07) is 17.8. The molecular formula is C29H33N5O3. The summed E-state index contributed by atoms with van der Waals surface area (Å²) in [6.07, 6.45) is 2.81. The van der Waals surface area contributed by atoms with E-state index in [2.05, 4.69) is 21.5 Å². The number of ether oxygens (including phenoxy) is 2. The molecular weight excluding hydrogens is 466 g/mol. The quantitative estimate of drug-likeness (QED) is 0.350. The number of amides is 1. The standard InChI is InChI=1S/C29H33N5O3/c1-5-23-24(19-11-13-22(14-12-19)36-21-9-7-6-8-10-21)25-26(30)31-18-32-27(25)34(23)20-15-16-33(17-20)28(35)37-29(2,3)4/h6-14,18,20H,5,15-17H2,1-4H3,(H2,30,31,32)/t20-/m1/s1. The number of carbonyl (C=O) groups excluding carboxylic acids is 1. The molecule has 37 heavy (non-hydrogen) atoms. The summed E-state index contributed by atoms with van der Waals surface area (Å²) in [6.45, 7) is 8.97. The van der Waals surface area contributed by atoms with E-state index < -0.39 is 5.60 Å². The van der Waals surface area contributed by atoms with Gasteiger partial charge in [-0.2, -0.15) is 0 Å². The van der Waals surface area contributed by atoms with Gasteiger partial charge >= 0.3 is 6.09 Å². The van der Waals surface area contributed by atoms with Gasteiger partial charge in [-0.25, -0.2) is 14.8 Å². The smallest absolute Gasteiger partial charge is 0.410 e. The van der Waals surface area contributed by atoms with Crippen LogP contribution in [0.2, 0.25) is 0 Å². The first kappa shape index (κ1) is 24.6. The zero-order chi connectivity index (χ0) is 26.2. The highest BCUT2D eigenvalue weighted by Crippen LogP contribution is 2.41. The number of benzene rings is 2. The lowest BCUT2D eigenvalue weighted by Crippen LogP contribution is -2.35. The molecule has 0 spiro atoms. The van der Waals surface area contributed by atoms with Crippen molar-refractivity contribution in [1.29, 1.82) is 0 Å². The molecule has 0 saturated carbocycles. The summed E-state index contributed by atoms with van der Waals surface area (Å²) in [7, 11) is 0. The average Bonchev–Trinajstić information content (AvgIpc) is 3.47. The Morgan fingerprint density at radius 3 is 2.43 bits per heavy atom. The van der Waals surface area contributed by atoms with Gasteiger partial charge in [0, 0.05) is 24.3 Å². The van der Waals surface area contributed by atoms with Crippen molar-refractivity contribution in [2.45, 2.75) is 52.2 Å². The number of carbonyl (C=O) groups is 1. The first-order chi connectivity index (χ1) is 17.7. The van der Waals surface area contributed by atoms with Crippen LogP contribution in [0, 0.1) is 0 Å². The van der Waals surface area contributed by atoms with E-state index in [0.717, 1.165) is 52.2 Å². The Morgan fingerprint density at radius 2 is 1.76 bits per heavy atom. The van der Waals surface area contributed by atoms with Crippen molar-refractivity contribution < 1.29 is 14.3 Å². The van der Waals surface area contributed by atoms with E-state index >= 15 is 0 Å². The Labute approximate surface area is 217 Å². The van der Waals surface area contributed by atoms with Crippen molar-refractivity contribution in [3.63, 3.8) is 0 Å². The molecule has 1 saturated heterocycles. The van der Waals surface area contributed by atoms with Crippen LogP contribution in [0.25, 0.3) is 22.2 Å². The van der Waals surface area contributed by atoms with E-state index in [1.807, 2.05) is 75.4 Å². The van der Waals surface area contributed by atoms with Gasteiger partial charge in [-0.05, 0) is 63.4 Å². The molecule has 1 atom stereocenters. The molecule has 2 aromatic carbocycles. The van der Waals surface area contributed by atoms with E-state index in [1.54, 1.807) is 4.90 Å². The zero-order valence-electron chi connectivity index (χ0n) is 21.8.